The highest BCUT2D eigenvalue weighted by molar-refractivity contribution is 6.38. The first kappa shape index (κ1) is 30.3. The number of hydrogen-bond acceptors (Lipinski definition) is 6. The Balaban J connectivity index is 1.60. The molecule has 3 aliphatic heterocycles. The fourth-order valence-corrected chi connectivity index (χ4v) is 5.16. The molecule has 4 rings (SSSR count). The molecule has 2 bridgehead atoms. The summed E-state index contributed by atoms with van der Waals surface area (Å²) in [7, 11) is 0. The summed E-state index contributed by atoms with van der Waals surface area (Å²) in [5.41, 5.74) is -0.228. The van der Waals surface area contributed by atoms with Gasteiger partial charge < -0.3 is 26.2 Å². The van der Waals surface area contributed by atoms with Gasteiger partial charge in [0.15, 0.2) is 0 Å². The lowest BCUT2D eigenvalue weighted by Gasteiger charge is -2.44. The van der Waals surface area contributed by atoms with Crippen molar-refractivity contribution in [2.45, 2.75) is 78.6 Å². The summed E-state index contributed by atoms with van der Waals surface area (Å²) in [6.45, 7) is 13.2. The molecule has 3 aliphatic rings. The maximum absolute atomic E-state index is 13.2. The number of fused-ring (bicyclic) bond motifs is 3. The number of amides is 4. The van der Waals surface area contributed by atoms with Crippen molar-refractivity contribution in [3.05, 3.63) is 35.9 Å². The highest BCUT2D eigenvalue weighted by Gasteiger charge is 2.39. The predicted molar refractivity (Wildman–Crippen MR) is 148 cm³/mol. The van der Waals surface area contributed by atoms with Crippen LogP contribution in [0.3, 0.4) is 0 Å². The molecule has 0 unspecified atom stereocenters. The normalized spacial score (nSPS) is 22.8. The smallest absolute Gasteiger partial charge is 0.289 e. The van der Waals surface area contributed by atoms with Crippen molar-refractivity contribution in [3.8, 4) is 0 Å². The number of nitrogens with one attached hydrogen (secondary N) is 4. The molecule has 0 radical (unpaired) electrons. The van der Waals surface area contributed by atoms with E-state index in [1.54, 1.807) is 44.2 Å². The SMILES string of the molecule is CC(C)[C@H](NC(=O)[C@H](C)NC(=O)[C@@H](NC(=O)c1ccccc1)C(C)(C)C)C(=O)C(=O)N[C@@H]1CN2CCC1CC2. The zero-order valence-electron chi connectivity index (χ0n) is 23.9. The number of carbonyl (C=O) groups is 5. The Labute approximate surface area is 231 Å². The van der Waals surface area contributed by atoms with Crippen LogP contribution in [0.4, 0.5) is 0 Å². The number of hydrogen-bond donors (Lipinski definition) is 4. The van der Waals surface area contributed by atoms with Crippen LogP contribution in [0.5, 0.6) is 0 Å². The lowest BCUT2D eigenvalue weighted by molar-refractivity contribution is -0.142. The lowest BCUT2D eigenvalue weighted by Crippen LogP contribution is -2.61. The van der Waals surface area contributed by atoms with Gasteiger partial charge in [0, 0.05) is 18.2 Å². The van der Waals surface area contributed by atoms with E-state index in [4.69, 9.17) is 0 Å². The molecule has 3 fully saturated rings. The molecular formula is C29H43N5O5. The third kappa shape index (κ3) is 7.88. The minimum atomic E-state index is -1.03. The molecule has 214 valence electrons. The molecule has 1 aromatic rings. The summed E-state index contributed by atoms with van der Waals surface area (Å²) >= 11 is 0. The van der Waals surface area contributed by atoms with Crippen molar-refractivity contribution in [2.75, 3.05) is 19.6 Å². The summed E-state index contributed by atoms with van der Waals surface area (Å²) in [5.74, 6) is -2.88. The molecule has 10 heteroatoms. The Kier molecular flexibility index (Phi) is 9.88. The molecule has 3 saturated heterocycles. The largest absolute Gasteiger partial charge is 0.345 e. The summed E-state index contributed by atoms with van der Waals surface area (Å²) in [4.78, 5) is 67.1. The van der Waals surface area contributed by atoms with E-state index in [9.17, 15) is 24.0 Å². The molecule has 0 aromatic heterocycles. The number of piperidine rings is 3. The number of Topliss-reactive ketones (excluding diaryl/α,β-unsaturated/α-hetero) is 1. The van der Waals surface area contributed by atoms with E-state index in [2.05, 4.69) is 26.2 Å². The Morgan fingerprint density at radius 3 is 2.00 bits per heavy atom. The van der Waals surface area contributed by atoms with Crippen LogP contribution >= 0.6 is 0 Å². The van der Waals surface area contributed by atoms with E-state index in [1.807, 2.05) is 20.8 Å². The molecule has 4 N–H and O–H groups in total. The van der Waals surface area contributed by atoms with Crippen molar-refractivity contribution in [2.24, 2.45) is 17.3 Å². The molecule has 10 nitrogen and oxygen atoms in total. The number of nitrogens with zero attached hydrogens (tertiary/aromatic N) is 1. The highest BCUT2D eigenvalue weighted by Crippen LogP contribution is 2.27. The second-order valence-corrected chi connectivity index (χ2v) is 12.2. The molecule has 0 spiro atoms. The Morgan fingerprint density at radius 1 is 0.872 bits per heavy atom. The Hall–Kier alpha value is -3.27. The summed E-state index contributed by atoms with van der Waals surface area (Å²) in [6, 6.07) is 5.54. The van der Waals surface area contributed by atoms with Crippen LogP contribution in [-0.4, -0.2) is 78.1 Å². The van der Waals surface area contributed by atoms with Gasteiger partial charge in [0.05, 0.1) is 6.04 Å². The summed E-state index contributed by atoms with van der Waals surface area (Å²) in [5, 5.41) is 11.0. The second-order valence-electron chi connectivity index (χ2n) is 12.2. The summed E-state index contributed by atoms with van der Waals surface area (Å²) < 4.78 is 0. The molecule has 4 atom stereocenters. The molecule has 0 saturated carbocycles. The third-order valence-electron chi connectivity index (χ3n) is 7.64. The van der Waals surface area contributed by atoms with Gasteiger partial charge in [-0.1, -0.05) is 52.8 Å². The van der Waals surface area contributed by atoms with E-state index in [-0.39, 0.29) is 12.0 Å². The number of ketones is 1. The van der Waals surface area contributed by atoms with Crippen molar-refractivity contribution < 1.29 is 24.0 Å². The molecule has 39 heavy (non-hydrogen) atoms. The summed E-state index contributed by atoms with van der Waals surface area (Å²) in [6.07, 6.45) is 2.00. The maximum atomic E-state index is 13.2. The lowest BCUT2D eigenvalue weighted by atomic mass is 9.84. The van der Waals surface area contributed by atoms with Gasteiger partial charge in [0.2, 0.25) is 17.6 Å². The van der Waals surface area contributed by atoms with Gasteiger partial charge >= 0.3 is 0 Å². The predicted octanol–water partition coefficient (Wildman–Crippen LogP) is 1.26. The molecule has 4 amide bonds. The Bertz CT molecular complexity index is 1060. The molecular weight excluding hydrogens is 498 g/mol. The molecule has 1 aromatic carbocycles. The average molecular weight is 542 g/mol. The third-order valence-corrected chi connectivity index (χ3v) is 7.64. The van der Waals surface area contributed by atoms with Crippen molar-refractivity contribution in [1.29, 1.82) is 0 Å². The number of benzene rings is 1. The van der Waals surface area contributed by atoms with E-state index in [0.29, 0.717) is 11.5 Å². The minimum absolute atomic E-state index is 0.0638. The van der Waals surface area contributed by atoms with Crippen LogP contribution < -0.4 is 21.3 Å². The topological polar surface area (TPSA) is 137 Å². The van der Waals surface area contributed by atoms with Crippen LogP contribution in [0.2, 0.25) is 0 Å². The Morgan fingerprint density at radius 2 is 1.49 bits per heavy atom. The first-order valence-corrected chi connectivity index (χ1v) is 13.8. The van der Waals surface area contributed by atoms with E-state index >= 15 is 0 Å². The maximum Gasteiger partial charge on any atom is 0.289 e. The fraction of sp³-hybridized carbons (Fsp3) is 0.621. The first-order valence-electron chi connectivity index (χ1n) is 13.8. The van der Waals surface area contributed by atoms with Gasteiger partial charge in [-0.2, -0.15) is 0 Å². The monoisotopic (exact) mass is 541 g/mol. The van der Waals surface area contributed by atoms with Gasteiger partial charge in [0.25, 0.3) is 11.8 Å². The second kappa shape index (κ2) is 12.7. The molecule has 0 aliphatic carbocycles. The fourth-order valence-electron chi connectivity index (χ4n) is 5.16. The van der Waals surface area contributed by atoms with Gasteiger partial charge in [0.1, 0.15) is 12.1 Å². The van der Waals surface area contributed by atoms with Crippen LogP contribution in [0, 0.1) is 17.3 Å². The van der Waals surface area contributed by atoms with Gasteiger partial charge in [-0.05, 0) is 62.2 Å². The average Bonchev–Trinajstić information content (AvgIpc) is 2.89. The first-order chi connectivity index (χ1) is 18.3. The number of carbonyl (C=O) groups excluding carboxylic acids is 5. The van der Waals surface area contributed by atoms with Gasteiger partial charge in [-0.15, -0.1) is 0 Å². The van der Waals surface area contributed by atoms with Gasteiger partial charge in [-0.25, -0.2) is 0 Å². The standard InChI is InChI=1S/C29H43N5O5/c1-17(2)22(23(35)27(38)31-21-16-34-14-12-19(21)13-15-34)32-25(36)18(3)30-28(39)24(29(4,5)6)33-26(37)20-10-8-7-9-11-20/h7-11,17-19,21-22,24H,12-16H2,1-6H3,(H,30,39)(H,31,38)(H,32,36)(H,33,37)/t18-,21+,22-,24+/m0/s1. The van der Waals surface area contributed by atoms with Crippen LogP contribution in [0.15, 0.2) is 30.3 Å². The quantitative estimate of drug-likeness (QED) is 0.329. The van der Waals surface area contributed by atoms with Crippen molar-refractivity contribution in [3.63, 3.8) is 0 Å². The minimum Gasteiger partial charge on any atom is -0.345 e. The van der Waals surface area contributed by atoms with E-state index in [0.717, 1.165) is 32.5 Å². The van der Waals surface area contributed by atoms with Crippen molar-refractivity contribution >= 4 is 29.4 Å². The van der Waals surface area contributed by atoms with Crippen LogP contribution in [0.25, 0.3) is 0 Å². The zero-order chi connectivity index (χ0) is 28.9. The molecule has 3 heterocycles. The zero-order valence-corrected chi connectivity index (χ0v) is 23.9. The highest BCUT2D eigenvalue weighted by atomic mass is 16.2. The van der Waals surface area contributed by atoms with Crippen molar-refractivity contribution in [1.82, 2.24) is 26.2 Å². The van der Waals surface area contributed by atoms with E-state index in [1.165, 1.54) is 6.92 Å². The van der Waals surface area contributed by atoms with Crippen LogP contribution in [0.1, 0.15) is 64.7 Å². The van der Waals surface area contributed by atoms with E-state index < -0.39 is 53.0 Å². The van der Waals surface area contributed by atoms with Gasteiger partial charge in [-0.3, -0.25) is 24.0 Å². The van der Waals surface area contributed by atoms with Crippen LogP contribution in [-0.2, 0) is 19.2 Å². The number of rotatable bonds is 10.